The van der Waals surface area contributed by atoms with Crippen LogP contribution in [0.25, 0.3) is 5.69 Å². The fourth-order valence-corrected chi connectivity index (χ4v) is 2.73. The number of carbonyl (C=O) groups is 2. The molecule has 0 saturated carbocycles. The minimum Gasteiger partial charge on any atom is -0.336 e. The Labute approximate surface area is 144 Å². The van der Waals surface area contributed by atoms with Crippen molar-refractivity contribution in [1.29, 1.82) is 0 Å². The molecule has 2 aromatic rings. The molecule has 2 N–H and O–H groups in total. The molecule has 0 aliphatic rings. The van der Waals surface area contributed by atoms with Gasteiger partial charge in [-0.25, -0.2) is 4.79 Å². The van der Waals surface area contributed by atoms with Crippen molar-refractivity contribution >= 4 is 23.7 Å². The van der Waals surface area contributed by atoms with Crippen molar-refractivity contribution in [2.75, 3.05) is 0 Å². The van der Waals surface area contributed by atoms with E-state index in [4.69, 9.17) is 0 Å². The Morgan fingerprint density at radius 2 is 1.92 bits per heavy atom. The molecule has 128 valence electrons. The number of carbonyl (C=O) groups excluding carboxylic acids is 2. The molecule has 0 aliphatic heterocycles. The van der Waals surface area contributed by atoms with Gasteiger partial charge in [-0.2, -0.15) is 4.68 Å². The maximum atomic E-state index is 12.1. The van der Waals surface area contributed by atoms with E-state index in [0.717, 1.165) is 11.3 Å². The summed E-state index contributed by atoms with van der Waals surface area (Å²) in [5.74, 6) is -0.405. The van der Waals surface area contributed by atoms with Crippen LogP contribution in [0.1, 0.15) is 26.3 Å². The zero-order chi connectivity index (χ0) is 17.7. The van der Waals surface area contributed by atoms with Crippen molar-refractivity contribution in [1.82, 2.24) is 30.8 Å². The fourth-order valence-electron chi connectivity index (χ4n) is 1.93. The van der Waals surface area contributed by atoms with Crippen LogP contribution in [0.15, 0.2) is 29.4 Å². The first kappa shape index (κ1) is 17.9. The van der Waals surface area contributed by atoms with Crippen molar-refractivity contribution in [3.63, 3.8) is 0 Å². The van der Waals surface area contributed by atoms with Crippen molar-refractivity contribution in [2.24, 2.45) is 0 Å². The van der Waals surface area contributed by atoms with E-state index in [1.807, 2.05) is 45.0 Å². The number of hydrogen-bond donors (Lipinski definition) is 2. The van der Waals surface area contributed by atoms with Crippen LogP contribution >= 0.6 is 11.8 Å². The van der Waals surface area contributed by atoms with Crippen molar-refractivity contribution in [3.05, 3.63) is 29.8 Å². The number of para-hydroxylation sites is 1. The number of nitrogens with one attached hydrogen (secondary N) is 2. The number of nitrogens with zero attached hydrogens (tertiary/aromatic N) is 4. The monoisotopic (exact) mass is 348 g/mol. The molecule has 0 unspecified atom stereocenters. The second-order valence-electron chi connectivity index (χ2n) is 5.54. The van der Waals surface area contributed by atoms with Crippen LogP contribution in [0.3, 0.4) is 0 Å². The minimum atomic E-state index is -0.531. The van der Waals surface area contributed by atoms with Gasteiger partial charge in [0.2, 0.25) is 11.1 Å². The summed E-state index contributed by atoms with van der Waals surface area (Å²) >= 11 is 1.18. The molecule has 0 aliphatic carbocycles. The summed E-state index contributed by atoms with van der Waals surface area (Å²) in [6.45, 7) is 7.29. The molecule has 1 heterocycles. The molecule has 2 rings (SSSR count). The van der Waals surface area contributed by atoms with E-state index in [2.05, 4.69) is 26.2 Å². The molecular weight excluding hydrogens is 328 g/mol. The van der Waals surface area contributed by atoms with Crippen LogP contribution in [0.5, 0.6) is 0 Å². The Bertz CT molecular complexity index is 730. The van der Waals surface area contributed by atoms with Gasteiger partial charge < -0.3 is 5.32 Å². The molecule has 0 radical (unpaired) electrons. The second-order valence-corrected chi connectivity index (χ2v) is 6.85. The molecule has 1 atom stereocenters. The van der Waals surface area contributed by atoms with E-state index in [9.17, 15) is 9.59 Å². The third-order valence-corrected chi connectivity index (χ3v) is 4.13. The van der Waals surface area contributed by atoms with Gasteiger partial charge in [0, 0.05) is 6.04 Å². The molecule has 0 fully saturated rings. The van der Waals surface area contributed by atoms with Crippen LogP contribution in [0.4, 0.5) is 4.79 Å². The van der Waals surface area contributed by atoms with Gasteiger partial charge >= 0.3 is 6.03 Å². The lowest BCUT2D eigenvalue weighted by Crippen LogP contribution is -2.45. The molecule has 0 bridgehead atoms. The first-order chi connectivity index (χ1) is 11.4. The fraction of sp³-hybridized carbons (Fsp3) is 0.400. The highest BCUT2D eigenvalue weighted by molar-refractivity contribution is 8.00. The van der Waals surface area contributed by atoms with Crippen LogP contribution in [-0.4, -0.2) is 43.4 Å². The lowest BCUT2D eigenvalue weighted by molar-refractivity contribution is -0.119. The van der Waals surface area contributed by atoms with Gasteiger partial charge in [-0.15, -0.1) is 5.10 Å². The predicted molar refractivity (Wildman–Crippen MR) is 91.0 cm³/mol. The Kier molecular flexibility index (Phi) is 5.91. The highest BCUT2D eigenvalue weighted by atomic mass is 32.2. The van der Waals surface area contributed by atoms with Gasteiger partial charge in [-0.05, 0) is 49.8 Å². The molecule has 24 heavy (non-hydrogen) atoms. The lowest BCUT2D eigenvalue weighted by atomic mass is 10.2. The zero-order valence-corrected chi connectivity index (χ0v) is 14.8. The summed E-state index contributed by atoms with van der Waals surface area (Å²) in [7, 11) is 0. The summed E-state index contributed by atoms with van der Waals surface area (Å²) in [5.41, 5.74) is 1.86. The molecular formula is C15H20N6O2S. The van der Waals surface area contributed by atoms with E-state index < -0.39 is 17.2 Å². The Morgan fingerprint density at radius 1 is 1.21 bits per heavy atom. The summed E-state index contributed by atoms with van der Waals surface area (Å²) in [6.07, 6.45) is 0. The van der Waals surface area contributed by atoms with E-state index in [1.54, 1.807) is 11.6 Å². The minimum absolute atomic E-state index is 0.0471. The highest BCUT2D eigenvalue weighted by Gasteiger charge is 2.21. The van der Waals surface area contributed by atoms with Crippen LogP contribution in [0.2, 0.25) is 0 Å². The molecule has 8 nitrogen and oxygen atoms in total. The third kappa shape index (κ3) is 4.54. The number of imide groups is 1. The van der Waals surface area contributed by atoms with Gasteiger partial charge in [0.25, 0.3) is 0 Å². The van der Waals surface area contributed by atoms with Gasteiger partial charge in [0.15, 0.2) is 0 Å². The Balaban J connectivity index is 2.07. The molecule has 3 amide bonds. The average molecular weight is 348 g/mol. The smallest absolute Gasteiger partial charge is 0.321 e. The number of tetrazole rings is 1. The third-order valence-electron chi connectivity index (χ3n) is 3.09. The lowest BCUT2D eigenvalue weighted by Gasteiger charge is -2.13. The molecule has 0 saturated heterocycles. The molecule has 1 aromatic carbocycles. The first-order valence-electron chi connectivity index (χ1n) is 7.51. The predicted octanol–water partition coefficient (Wildman–Crippen LogP) is 1.69. The average Bonchev–Trinajstić information content (AvgIpc) is 2.94. The maximum absolute atomic E-state index is 12.1. The van der Waals surface area contributed by atoms with Crippen LogP contribution < -0.4 is 10.6 Å². The van der Waals surface area contributed by atoms with E-state index >= 15 is 0 Å². The van der Waals surface area contributed by atoms with E-state index in [1.165, 1.54) is 11.8 Å². The van der Waals surface area contributed by atoms with Crippen LogP contribution in [-0.2, 0) is 4.79 Å². The molecule has 1 aromatic heterocycles. The van der Waals surface area contributed by atoms with Gasteiger partial charge in [0.1, 0.15) is 0 Å². The summed E-state index contributed by atoms with van der Waals surface area (Å²) in [6, 6.07) is 7.12. The zero-order valence-electron chi connectivity index (χ0n) is 14.0. The number of thioether (sulfide) groups is 1. The number of aryl methyl sites for hydroxylation is 1. The number of amides is 3. The maximum Gasteiger partial charge on any atom is 0.321 e. The van der Waals surface area contributed by atoms with Gasteiger partial charge in [-0.1, -0.05) is 30.0 Å². The number of hydrogen-bond acceptors (Lipinski definition) is 6. The summed E-state index contributed by atoms with van der Waals surface area (Å²) < 4.78 is 1.58. The highest BCUT2D eigenvalue weighted by Crippen LogP contribution is 2.24. The van der Waals surface area contributed by atoms with Crippen molar-refractivity contribution in [2.45, 2.75) is 44.1 Å². The largest absolute Gasteiger partial charge is 0.336 e. The summed E-state index contributed by atoms with van der Waals surface area (Å²) in [5, 5.41) is 16.5. The van der Waals surface area contributed by atoms with E-state index in [-0.39, 0.29) is 6.04 Å². The SMILES string of the molecule is Cc1ccccc1-n1nnnc1S[C@@H](C)C(=O)NC(=O)NC(C)C. The Hall–Kier alpha value is -2.42. The van der Waals surface area contributed by atoms with Gasteiger partial charge in [-0.3, -0.25) is 10.1 Å². The quantitative estimate of drug-likeness (QED) is 0.797. The normalized spacial score (nSPS) is 12.0. The van der Waals surface area contributed by atoms with Crippen molar-refractivity contribution in [3.8, 4) is 5.69 Å². The van der Waals surface area contributed by atoms with E-state index in [0.29, 0.717) is 5.16 Å². The Morgan fingerprint density at radius 3 is 2.58 bits per heavy atom. The molecule has 9 heteroatoms. The van der Waals surface area contributed by atoms with Crippen LogP contribution in [0, 0.1) is 6.92 Å². The number of benzene rings is 1. The summed E-state index contributed by atoms with van der Waals surface area (Å²) in [4.78, 5) is 23.7. The topological polar surface area (TPSA) is 102 Å². The van der Waals surface area contributed by atoms with Gasteiger partial charge in [0.05, 0.1) is 10.9 Å². The number of urea groups is 1. The second kappa shape index (κ2) is 7.91. The van der Waals surface area contributed by atoms with Crippen molar-refractivity contribution < 1.29 is 9.59 Å². The standard InChI is InChI=1S/C15H20N6O2S/c1-9(2)16-14(23)17-13(22)11(4)24-15-18-19-20-21(15)12-8-6-5-7-10(12)3/h5-9,11H,1-4H3,(H2,16,17,22,23)/t11-/m0/s1. The molecule has 0 spiro atoms. The number of aromatic nitrogens is 4. The number of rotatable bonds is 5. The first-order valence-corrected chi connectivity index (χ1v) is 8.39.